The van der Waals surface area contributed by atoms with Crippen LogP contribution in [0.3, 0.4) is 0 Å². The Balaban J connectivity index is 1.07. The molecule has 2 aromatic heterocycles. The molecule has 0 amide bonds. The summed E-state index contributed by atoms with van der Waals surface area (Å²) in [6.07, 6.45) is 0. The summed E-state index contributed by atoms with van der Waals surface area (Å²) in [5.41, 5.74) is 15.3. The Kier molecular flexibility index (Phi) is 7.82. The minimum absolute atomic E-state index is 0.863. The zero-order valence-corrected chi connectivity index (χ0v) is 31.1. The molecule has 3 heteroatoms. The molecule has 0 saturated heterocycles. The van der Waals surface area contributed by atoms with Crippen molar-refractivity contribution in [3.8, 4) is 39.1 Å². The Hall–Kier alpha value is -7.62. The van der Waals surface area contributed by atoms with E-state index in [1.54, 1.807) is 0 Å². The highest BCUT2D eigenvalue weighted by molar-refractivity contribution is 6.17. The van der Waals surface area contributed by atoms with E-state index in [0.717, 1.165) is 55.8 Å². The highest BCUT2D eigenvalue weighted by atomic mass is 16.3. The highest BCUT2D eigenvalue weighted by Gasteiger charge is 2.22. The minimum Gasteiger partial charge on any atom is -0.455 e. The van der Waals surface area contributed by atoms with E-state index in [1.165, 1.54) is 44.1 Å². The largest absolute Gasteiger partial charge is 0.455 e. The van der Waals surface area contributed by atoms with Gasteiger partial charge in [0, 0.05) is 38.8 Å². The Morgan fingerprint density at radius 3 is 1.37 bits per heavy atom. The van der Waals surface area contributed by atoms with Gasteiger partial charge in [-0.3, -0.25) is 0 Å². The lowest BCUT2D eigenvalue weighted by Crippen LogP contribution is -2.10. The van der Waals surface area contributed by atoms with Gasteiger partial charge in [0.25, 0.3) is 0 Å². The maximum absolute atomic E-state index is 6.84. The van der Waals surface area contributed by atoms with Crippen molar-refractivity contribution in [3.05, 3.63) is 218 Å². The Labute approximate surface area is 330 Å². The SMILES string of the molecule is c1ccc(-c2ccc(N(c3ccc(-c4ccccc4)cc3)c3ccc(-c4ccc(-n5c6ccccc6c6ccccc65)cc4)c4oc5ccccc5c34)cc2)cc1. The van der Waals surface area contributed by atoms with E-state index >= 15 is 0 Å². The highest BCUT2D eigenvalue weighted by Crippen LogP contribution is 2.46. The standard InChI is InChI=1S/C54H36N2O/c1-3-13-37(14-4-1)39-23-29-42(30-24-39)55(43-31-25-40(26-32-43)38-15-5-2-6-16-38)51-36-35-45(54-53(51)48-19-9-12-22-52(48)57-54)41-27-33-44(34-28-41)56-49-20-10-7-17-46(49)47-18-8-11-21-50(47)56/h1-36H. The van der Waals surface area contributed by atoms with Gasteiger partial charge in [-0.05, 0) is 94.5 Å². The van der Waals surface area contributed by atoms with Crippen molar-refractivity contribution in [2.75, 3.05) is 4.90 Å². The first-order chi connectivity index (χ1) is 28.3. The molecule has 0 fully saturated rings. The Morgan fingerprint density at radius 1 is 0.351 bits per heavy atom. The zero-order valence-electron chi connectivity index (χ0n) is 31.1. The number of benzene rings is 9. The second-order valence-corrected chi connectivity index (χ2v) is 14.5. The molecule has 9 aromatic carbocycles. The van der Waals surface area contributed by atoms with Crippen LogP contribution in [-0.4, -0.2) is 4.57 Å². The maximum atomic E-state index is 6.84. The summed E-state index contributed by atoms with van der Waals surface area (Å²) < 4.78 is 9.20. The van der Waals surface area contributed by atoms with Crippen LogP contribution in [0.4, 0.5) is 17.1 Å². The molecule has 2 heterocycles. The fourth-order valence-corrected chi connectivity index (χ4v) is 8.51. The smallest absolute Gasteiger partial charge is 0.145 e. The van der Waals surface area contributed by atoms with Gasteiger partial charge < -0.3 is 13.9 Å². The molecular weight excluding hydrogens is 693 g/mol. The second-order valence-electron chi connectivity index (χ2n) is 14.5. The fourth-order valence-electron chi connectivity index (χ4n) is 8.51. The molecule has 0 aliphatic rings. The minimum atomic E-state index is 0.863. The number of fused-ring (bicyclic) bond motifs is 6. The van der Waals surface area contributed by atoms with Gasteiger partial charge in [-0.15, -0.1) is 0 Å². The van der Waals surface area contributed by atoms with Crippen LogP contribution in [0.1, 0.15) is 0 Å². The van der Waals surface area contributed by atoms with Crippen molar-refractivity contribution in [3.63, 3.8) is 0 Å². The summed E-state index contributed by atoms with van der Waals surface area (Å²) in [4.78, 5) is 2.36. The molecule has 57 heavy (non-hydrogen) atoms. The van der Waals surface area contributed by atoms with E-state index < -0.39 is 0 Å². The molecule has 0 saturated carbocycles. The number of anilines is 3. The number of nitrogens with zero attached hydrogens (tertiary/aromatic N) is 2. The van der Waals surface area contributed by atoms with Crippen molar-refractivity contribution in [2.45, 2.75) is 0 Å². The Morgan fingerprint density at radius 2 is 0.807 bits per heavy atom. The number of rotatable bonds is 7. The third kappa shape index (κ3) is 5.60. The number of para-hydroxylation sites is 3. The van der Waals surface area contributed by atoms with Crippen LogP contribution in [0, 0.1) is 0 Å². The van der Waals surface area contributed by atoms with Crippen molar-refractivity contribution in [1.82, 2.24) is 4.57 Å². The van der Waals surface area contributed by atoms with Crippen LogP contribution in [0.2, 0.25) is 0 Å². The van der Waals surface area contributed by atoms with E-state index in [1.807, 2.05) is 6.07 Å². The molecule has 0 spiro atoms. The summed E-state index contributed by atoms with van der Waals surface area (Å²) in [7, 11) is 0. The molecule has 11 aromatic rings. The summed E-state index contributed by atoms with van der Waals surface area (Å²) in [5.74, 6) is 0. The first-order valence-corrected chi connectivity index (χ1v) is 19.4. The van der Waals surface area contributed by atoms with Gasteiger partial charge in [0.1, 0.15) is 11.2 Å². The fraction of sp³-hybridized carbons (Fsp3) is 0. The lowest BCUT2D eigenvalue weighted by Gasteiger charge is -2.27. The summed E-state index contributed by atoms with van der Waals surface area (Å²) in [6, 6.07) is 77.9. The van der Waals surface area contributed by atoms with Gasteiger partial charge in [-0.25, -0.2) is 0 Å². The van der Waals surface area contributed by atoms with Gasteiger partial charge in [0.05, 0.1) is 22.1 Å². The van der Waals surface area contributed by atoms with Gasteiger partial charge in [-0.2, -0.15) is 0 Å². The normalized spacial score (nSPS) is 11.5. The quantitative estimate of drug-likeness (QED) is 0.163. The van der Waals surface area contributed by atoms with E-state index in [9.17, 15) is 0 Å². The molecular formula is C54H36N2O. The van der Waals surface area contributed by atoms with Crippen LogP contribution in [0.15, 0.2) is 223 Å². The van der Waals surface area contributed by atoms with Crippen molar-refractivity contribution >= 4 is 60.8 Å². The number of aromatic nitrogens is 1. The molecule has 0 aliphatic carbocycles. The first kappa shape index (κ1) is 32.8. The van der Waals surface area contributed by atoms with E-state index in [2.05, 4.69) is 222 Å². The van der Waals surface area contributed by atoms with Crippen LogP contribution < -0.4 is 4.90 Å². The Bertz CT molecular complexity index is 3060. The average Bonchev–Trinajstić information content (AvgIpc) is 3.85. The number of hydrogen-bond acceptors (Lipinski definition) is 2. The first-order valence-electron chi connectivity index (χ1n) is 19.4. The molecule has 0 atom stereocenters. The summed E-state index contributed by atoms with van der Waals surface area (Å²) in [6.45, 7) is 0. The van der Waals surface area contributed by atoms with Crippen LogP contribution >= 0.6 is 0 Å². The maximum Gasteiger partial charge on any atom is 0.145 e. The molecule has 0 unspecified atom stereocenters. The van der Waals surface area contributed by atoms with Gasteiger partial charge in [0.2, 0.25) is 0 Å². The predicted molar refractivity (Wildman–Crippen MR) is 239 cm³/mol. The van der Waals surface area contributed by atoms with E-state index in [4.69, 9.17) is 4.42 Å². The monoisotopic (exact) mass is 728 g/mol. The van der Waals surface area contributed by atoms with Gasteiger partial charge in [0.15, 0.2) is 0 Å². The lowest BCUT2D eigenvalue weighted by atomic mass is 9.99. The third-order valence-corrected chi connectivity index (χ3v) is 11.2. The zero-order chi connectivity index (χ0) is 37.7. The topological polar surface area (TPSA) is 21.3 Å². The molecule has 268 valence electrons. The van der Waals surface area contributed by atoms with Crippen molar-refractivity contribution in [2.24, 2.45) is 0 Å². The molecule has 0 N–H and O–H groups in total. The van der Waals surface area contributed by atoms with Crippen LogP contribution in [-0.2, 0) is 0 Å². The van der Waals surface area contributed by atoms with Crippen LogP contribution in [0.5, 0.6) is 0 Å². The molecule has 0 aliphatic heterocycles. The summed E-state index contributed by atoms with van der Waals surface area (Å²) in [5, 5.41) is 4.67. The lowest BCUT2D eigenvalue weighted by molar-refractivity contribution is 0.670. The van der Waals surface area contributed by atoms with Crippen molar-refractivity contribution in [1.29, 1.82) is 0 Å². The van der Waals surface area contributed by atoms with E-state index in [0.29, 0.717) is 0 Å². The molecule has 0 bridgehead atoms. The second kappa shape index (κ2) is 13.6. The van der Waals surface area contributed by atoms with Crippen molar-refractivity contribution < 1.29 is 4.42 Å². The molecule has 0 radical (unpaired) electrons. The van der Waals surface area contributed by atoms with Gasteiger partial charge >= 0.3 is 0 Å². The molecule has 11 rings (SSSR count). The molecule has 3 nitrogen and oxygen atoms in total. The summed E-state index contributed by atoms with van der Waals surface area (Å²) >= 11 is 0. The van der Waals surface area contributed by atoms with Crippen LogP contribution in [0.25, 0.3) is 82.8 Å². The predicted octanol–water partition coefficient (Wildman–Crippen LogP) is 15.2. The third-order valence-electron chi connectivity index (χ3n) is 11.2. The van der Waals surface area contributed by atoms with E-state index in [-0.39, 0.29) is 0 Å². The number of hydrogen-bond donors (Lipinski definition) is 0. The number of furan rings is 1. The van der Waals surface area contributed by atoms with Gasteiger partial charge in [-0.1, -0.05) is 152 Å². The average molecular weight is 729 g/mol.